The van der Waals surface area contributed by atoms with Gasteiger partial charge in [0.1, 0.15) is 18.2 Å². The number of fused-ring (bicyclic) bond motifs is 1. The maximum absolute atomic E-state index is 11.8. The Morgan fingerprint density at radius 3 is 2.95 bits per heavy atom. The first-order chi connectivity index (χ1) is 9.52. The van der Waals surface area contributed by atoms with E-state index in [4.69, 9.17) is 4.74 Å². The van der Waals surface area contributed by atoms with Gasteiger partial charge in [0.2, 0.25) is 0 Å². The number of ether oxygens (including phenoxy) is 1. The number of aryl methyl sites for hydroxylation is 1. The van der Waals surface area contributed by atoms with Crippen molar-refractivity contribution in [3.8, 4) is 0 Å². The van der Waals surface area contributed by atoms with Crippen LogP contribution in [0.1, 0.15) is 19.0 Å². The SMILES string of the molecule is Cc1nc2c(ncn2C2OC(CO)C(O)C2C)c(=O)[nH]1. The van der Waals surface area contributed by atoms with Crippen molar-refractivity contribution in [1.82, 2.24) is 19.5 Å². The number of hydrogen-bond donors (Lipinski definition) is 3. The van der Waals surface area contributed by atoms with Crippen LogP contribution in [0.3, 0.4) is 0 Å². The van der Waals surface area contributed by atoms with Crippen molar-refractivity contribution in [2.24, 2.45) is 5.92 Å². The Morgan fingerprint density at radius 1 is 1.55 bits per heavy atom. The first-order valence-corrected chi connectivity index (χ1v) is 6.40. The predicted molar refractivity (Wildman–Crippen MR) is 69.1 cm³/mol. The molecule has 0 aliphatic carbocycles. The van der Waals surface area contributed by atoms with Crippen LogP contribution in [0.25, 0.3) is 11.2 Å². The first kappa shape index (κ1) is 13.2. The third-order valence-electron chi connectivity index (χ3n) is 3.69. The molecule has 0 amide bonds. The fourth-order valence-corrected chi connectivity index (χ4v) is 2.58. The van der Waals surface area contributed by atoms with Crippen molar-refractivity contribution in [2.45, 2.75) is 32.3 Å². The Kier molecular flexibility index (Phi) is 3.08. The molecular weight excluding hydrogens is 264 g/mol. The van der Waals surface area contributed by atoms with Crippen LogP contribution in [-0.2, 0) is 4.74 Å². The van der Waals surface area contributed by atoms with Crippen molar-refractivity contribution >= 4 is 11.2 Å². The summed E-state index contributed by atoms with van der Waals surface area (Å²) in [6.45, 7) is 3.24. The maximum Gasteiger partial charge on any atom is 0.279 e. The third kappa shape index (κ3) is 1.84. The van der Waals surface area contributed by atoms with Crippen molar-refractivity contribution in [1.29, 1.82) is 0 Å². The summed E-state index contributed by atoms with van der Waals surface area (Å²) in [5, 5.41) is 19.2. The van der Waals surface area contributed by atoms with Crippen LogP contribution in [-0.4, -0.2) is 48.5 Å². The number of imidazole rings is 1. The lowest BCUT2D eigenvalue weighted by Gasteiger charge is -2.17. The molecule has 2 aromatic heterocycles. The highest BCUT2D eigenvalue weighted by molar-refractivity contribution is 5.69. The maximum atomic E-state index is 11.8. The van der Waals surface area contributed by atoms with Crippen LogP contribution in [0.15, 0.2) is 11.1 Å². The molecule has 3 rings (SSSR count). The van der Waals surface area contributed by atoms with Gasteiger partial charge >= 0.3 is 0 Å². The Labute approximate surface area is 114 Å². The molecule has 1 saturated heterocycles. The van der Waals surface area contributed by atoms with Gasteiger partial charge in [-0.05, 0) is 6.92 Å². The summed E-state index contributed by atoms with van der Waals surface area (Å²) in [6.07, 6.45) is -0.457. The Hall–Kier alpha value is -1.77. The molecule has 0 aromatic carbocycles. The molecule has 0 spiro atoms. The number of aliphatic hydroxyl groups excluding tert-OH is 2. The van der Waals surface area contributed by atoms with E-state index in [0.29, 0.717) is 11.5 Å². The lowest BCUT2D eigenvalue weighted by Crippen LogP contribution is -2.28. The Bertz CT molecular complexity index is 694. The molecule has 0 saturated carbocycles. The molecule has 8 nitrogen and oxygen atoms in total. The number of aromatic amines is 1. The molecule has 3 N–H and O–H groups in total. The molecule has 2 aromatic rings. The van der Waals surface area contributed by atoms with E-state index in [1.165, 1.54) is 6.33 Å². The minimum Gasteiger partial charge on any atom is -0.394 e. The van der Waals surface area contributed by atoms with Crippen LogP contribution >= 0.6 is 0 Å². The van der Waals surface area contributed by atoms with Crippen molar-refractivity contribution in [2.75, 3.05) is 6.61 Å². The van der Waals surface area contributed by atoms with E-state index >= 15 is 0 Å². The predicted octanol–water partition coefficient (Wildman–Crippen LogP) is -0.685. The average molecular weight is 280 g/mol. The van der Waals surface area contributed by atoms with E-state index in [2.05, 4.69) is 15.0 Å². The van der Waals surface area contributed by atoms with Gasteiger partial charge in [-0.2, -0.15) is 0 Å². The van der Waals surface area contributed by atoms with Crippen LogP contribution < -0.4 is 5.56 Å². The summed E-state index contributed by atoms with van der Waals surface area (Å²) in [4.78, 5) is 22.7. The van der Waals surface area contributed by atoms with Gasteiger partial charge in [0.15, 0.2) is 11.2 Å². The normalized spacial score (nSPS) is 30.2. The molecule has 20 heavy (non-hydrogen) atoms. The second kappa shape index (κ2) is 4.65. The van der Waals surface area contributed by atoms with Gasteiger partial charge in [0.25, 0.3) is 5.56 Å². The minimum atomic E-state index is -0.773. The fraction of sp³-hybridized carbons (Fsp3) is 0.583. The van der Waals surface area contributed by atoms with E-state index in [1.807, 2.05) is 6.92 Å². The van der Waals surface area contributed by atoms with E-state index in [0.717, 1.165) is 0 Å². The van der Waals surface area contributed by atoms with Crippen LogP contribution in [0.4, 0.5) is 0 Å². The topological polar surface area (TPSA) is 113 Å². The molecule has 1 aliphatic rings. The number of aromatic nitrogens is 4. The molecule has 4 unspecified atom stereocenters. The van der Waals surface area contributed by atoms with E-state index in [-0.39, 0.29) is 23.6 Å². The molecular formula is C12H16N4O4. The molecule has 108 valence electrons. The standard InChI is InChI=1S/C12H16N4O4/c1-5-9(18)7(3-17)20-12(5)16-4-13-8-10(16)14-6(2)15-11(8)19/h4-5,7,9,12,17-18H,3H2,1-2H3,(H,14,15,19). The lowest BCUT2D eigenvalue weighted by molar-refractivity contribution is -0.0447. The fourth-order valence-electron chi connectivity index (χ4n) is 2.58. The number of hydrogen-bond acceptors (Lipinski definition) is 6. The lowest BCUT2D eigenvalue weighted by atomic mass is 10.0. The summed E-state index contributed by atoms with van der Waals surface area (Å²) in [5.74, 6) is 0.236. The Balaban J connectivity index is 2.09. The zero-order chi connectivity index (χ0) is 14.4. The van der Waals surface area contributed by atoms with Gasteiger partial charge in [0, 0.05) is 5.92 Å². The summed E-state index contributed by atoms with van der Waals surface area (Å²) in [7, 11) is 0. The van der Waals surface area contributed by atoms with Gasteiger partial charge in [-0.25, -0.2) is 9.97 Å². The zero-order valence-electron chi connectivity index (χ0n) is 11.1. The number of nitrogens with zero attached hydrogens (tertiary/aromatic N) is 3. The van der Waals surface area contributed by atoms with Crippen LogP contribution in [0, 0.1) is 12.8 Å². The number of aliphatic hydroxyl groups is 2. The highest BCUT2D eigenvalue weighted by atomic mass is 16.5. The number of rotatable bonds is 2. The van der Waals surface area contributed by atoms with Gasteiger partial charge in [-0.15, -0.1) is 0 Å². The van der Waals surface area contributed by atoms with Gasteiger partial charge in [0.05, 0.1) is 19.0 Å². The molecule has 8 heteroatoms. The molecule has 1 fully saturated rings. The Morgan fingerprint density at radius 2 is 2.30 bits per heavy atom. The number of H-pyrrole nitrogens is 1. The molecule has 3 heterocycles. The minimum absolute atomic E-state index is 0.230. The third-order valence-corrected chi connectivity index (χ3v) is 3.69. The molecule has 4 atom stereocenters. The zero-order valence-corrected chi connectivity index (χ0v) is 11.1. The highest BCUT2D eigenvalue weighted by Gasteiger charge is 2.42. The van der Waals surface area contributed by atoms with Gasteiger partial charge in [-0.3, -0.25) is 9.36 Å². The monoisotopic (exact) mass is 280 g/mol. The molecule has 1 aliphatic heterocycles. The van der Waals surface area contributed by atoms with E-state index in [1.54, 1.807) is 11.5 Å². The molecule has 0 radical (unpaired) electrons. The molecule has 0 bridgehead atoms. The van der Waals surface area contributed by atoms with Crippen LogP contribution in [0.2, 0.25) is 0 Å². The van der Waals surface area contributed by atoms with Crippen molar-refractivity contribution in [3.63, 3.8) is 0 Å². The van der Waals surface area contributed by atoms with Gasteiger partial charge in [-0.1, -0.05) is 6.92 Å². The summed E-state index contributed by atoms with van der Waals surface area (Å²) in [5.41, 5.74) is 0.332. The van der Waals surface area contributed by atoms with E-state index in [9.17, 15) is 15.0 Å². The average Bonchev–Trinajstić information content (AvgIpc) is 2.93. The summed E-state index contributed by atoms with van der Waals surface area (Å²) in [6, 6.07) is 0. The summed E-state index contributed by atoms with van der Waals surface area (Å²) < 4.78 is 7.26. The quantitative estimate of drug-likeness (QED) is 0.671. The highest BCUT2D eigenvalue weighted by Crippen LogP contribution is 2.35. The van der Waals surface area contributed by atoms with Gasteiger partial charge < -0.3 is 19.9 Å². The second-order valence-corrected chi connectivity index (χ2v) is 5.07. The first-order valence-electron chi connectivity index (χ1n) is 6.40. The van der Waals surface area contributed by atoms with Crippen molar-refractivity contribution in [3.05, 3.63) is 22.5 Å². The van der Waals surface area contributed by atoms with Crippen LogP contribution in [0.5, 0.6) is 0 Å². The summed E-state index contributed by atoms with van der Waals surface area (Å²) >= 11 is 0. The largest absolute Gasteiger partial charge is 0.394 e. The second-order valence-electron chi connectivity index (χ2n) is 5.07. The number of nitrogens with one attached hydrogen (secondary N) is 1. The van der Waals surface area contributed by atoms with Crippen molar-refractivity contribution < 1.29 is 14.9 Å². The smallest absolute Gasteiger partial charge is 0.279 e. The van der Waals surface area contributed by atoms with E-state index < -0.39 is 18.4 Å².